The molecule has 0 heterocycles. The van der Waals surface area contributed by atoms with Crippen molar-refractivity contribution in [1.82, 2.24) is 0 Å². The van der Waals surface area contributed by atoms with Gasteiger partial charge in [-0.2, -0.15) is 13.2 Å². The monoisotopic (exact) mass is 300 g/mol. The molecule has 0 aliphatic heterocycles. The van der Waals surface area contributed by atoms with Gasteiger partial charge in [-0.05, 0) is 41.4 Å². The molecule has 1 aromatic carbocycles. The molecule has 2 rings (SSSR count). The minimum absolute atomic E-state index is 0.000216. The number of alkyl halides is 3. The molecule has 1 aromatic rings. The topological polar surface area (TPSA) is 20.2 Å². The van der Waals surface area contributed by atoms with E-state index in [1.165, 1.54) is 12.1 Å². The Labute approximate surface area is 124 Å². The number of hydrogen-bond donors (Lipinski definition) is 1. The molecular formula is C17H23F3O. The molecule has 4 heteroatoms. The molecule has 1 nitrogen and oxygen atoms in total. The van der Waals surface area contributed by atoms with Crippen LogP contribution < -0.4 is 0 Å². The van der Waals surface area contributed by atoms with E-state index in [0.29, 0.717) is 11.5 Å². The van der Waals surface area contributed by atoms with Crippen molar-refractivity contribution in [2.75, 3.05) is 0 Å². The summed E-state index contributed by atoms with van der Waals surface area (Å²) < 4.78 is 37.8. The smallest absolute Gasteiger partial charge is 0.388 e. The molecule has 0 radical (unpaired) electrons. The largest absolute Gasteiger partial charge is 0.416 e. The first-order valence-electron chi connectivity index (χ1n) is 7.48. The average Bonchev–Trinajstić information content (AvgIpc) is 2.36. The van der Waals surface area contributed by atoms with Gasteiger partial charge in [0.25, 0.3) is 0 Å². The van der Waals surface area contributed by atoms with Gasteiger partial charge in [0.05, 0.1) is 11.7 Å². The molecule has 1 fully saturated rings. The fourth-order valence-corrected chi connectivity index (χ4v) is 3.81. The van der Waals surface area contributed by atoms with Gasteiger partial charge in [-0.15, -0.1) is 0 Å². The fourth-order valence-electron chi connectivity index (χ4n) is 3.81. The van der Waals surface area contributed by atoms with E-state index >= 15 is 0 Å². The Hall–Kier alpha value is -1.03. The van der Waals surface area contributed by atoms with E-state index < -0.39 is 17.8 Å². The first-order valence-corrected chi connectivity index (χ1v) is 7.48. The van der Waals surface area contributed by atoms with Crippen LogP contribution in [0.4, 0.5) is 13.2 Å². The summed E-state index contributed by atoms with van der Waals surface area (Å²) in [5.74, 6) is 0.439. The highest BCUT2D eigenvalue weighted by Crippen LogP contribution is 2.49. The summed E-state index contributed by atoms with van der Waals surface area (Å²) in [6, 6.07) is 4.92. The molecule has 1 N–H and O–H groups in total. The lowest BCUT2D eigenvalue weighted by Gasteiger charge is -2.45. The Bertz CT molecular complexity index is 476. The second-order valence-corrected chi connectivity index (χ2v) is 6.95. The second kappa shape index (κ2) is 5.64. The second-order valence-electron chi connectivity index (χ2n) is 6.95. The van der Waals surface area contributed by atoms with Gasteiger partial charge in [0.2, 0.25) is 0 Å². The van der Waals surface area contributed by atoms with Crippen LogP contribution in [0.3, 0.4) is 0 Å². The van der Waals surface area contributed by atoms with Crippen LogP contribution in [0.25, 0.3) is 0 Å². The van der Waals surface area contributed by atoms with Gasteiger partial charge in [0, 0.05) is 0 Å². The molecule has 0 amide bonds. The Morgan fingerprint density at radius 1 is 1.19 bits per heavy atom. The lowest BCUT2D eigenvalue weighted by molar-refractivity contribution is -0.137. The molecule has 118 valence electrons. The molecule has 0 spiro atoms. The Morgan fingerprint density at radius 3 is 2.24 bits per heavy atom. The molecule has 1 unspecified atom stereocenters. The van der Waals surface area contributed by atoms with Crippen LogP contribution in [0.2, 0.25) is 0 Å². The summed E-state index contributed by atoms with van der Waals surface area (Å²) in [6.45, 7) is 6.40. The maximum atomic E-state index is 12.6. The maximum absolute atomic E-state index is 12.6. The summed E-state index contributed by atoms with van der Waals surface area (Å²) in [5, 5.41) is 10.7. The van der Waals surface area contributed by atoms with E-state index in [-0.39, 0.29) is 11.3 Å². The van der Waals surface area contributed by atoms with Crippen molar-refractivity contribution in [3.63, 3.8) is 0 Å². The maximum Gasteiger partial charge on any atom is 0.416 e. The standard InChI is InChI=1S/C17H23F3O/c1-11-5-4-10-16(2,3)14(11)15(21)12-6-8-13(9-7-12)17(18,19)20/h6-9,11,14-15,21H,4-5,10H2,1-3H3/t11?,14-,15+/m1/s1. The van der Waals surface area contributed by atoms with Gasteiger partial charge in [0.15, 0.2) is 0 Å². The van der Waals surface area contributed by atoms with Gasteiger partial charge in [0.1, 0.15) is 0 Å². The predicted octanol–water partition coefficient (Wildman–Crippen LogP) is 5.20. The quantitative estimate of drug-likeness (QED) is 0.795. The van der Waals surface area contributed by atoms with Crippen LogP contribution in [-0.4, -0.2) is 5.11 Å². The molecule has 1 saturated carbocycles. The fraction of sp³-hybridized carbons (Fsp3) is 0.647. The third kappa shape index (κ3) is 3.42. The van der Waals surface area contributed by atoms with Gasteiger partial charge in [-0.1, -0.05) is 45.7 Å². The number of aliphatic hydroxyl groups excluding tert-OH is 1. The first-order chi connectivity index (χ1) is 9.63. The SMILES string of the molecule is CC1CCCC(C)(C)[C@H]1[C@@H](O)c1ccc(C(F)(F)F)cc1. The number of rotatable bonds is 2. The van der Waals surface area contributed by atoms with Crippen molar-refractivity contribution in [3.05, 3.63) is 35.4 Å². The average molecular weight is 300 g/mol. The summed E-state index contributed by atoms with van der Waals surface area (Å²) in [7, 11) is 0. The number of halogens is 3. The normalized spacial score (nSPS) is 27.4. The third-order valence-electron chi connectivity index (χ3n) is 4.92. The van der Waals surface area contributed by atoms with E-state index in [9.17, 15) is 18.3 Å². The molecule has 0 saturated heterocycles. The van der Waals surface area contributed by atoms with Gasteiger partial charge in [-0.3, -0.25) is 0 Å². The summed E-state index contributed by atoms with van der Waals surface area (Å²) in [4.78, 5) is 0. The minimum atomic E-state index is -4.33. The molecule has 21 heavy (non-hydrogen) atoms. The highest BCUT2D eigenvalue weighted by Gasteiger charge is 2.41. The van der Waals surface area contributed by atoms with Crippen LogP contribution in [0, 0.1) is 17.3 Å². The van der Waals surface area contributed by atoms with Gasteiger partial charge < -0.3 is 5.11 Å². The van der Waals surface area contributed by atoms with Crippen molar-refractivity contribution in [2.45, 2.75) is 52.3 Å². The first kappa shape index (κ1) is 16.3. The Kier molecular flexibility index (Phi) is 4.39. The molecule has 0 bridgehead atoms. The molecule has 1 aliphatic rings. The van der Waals surface area contributed by atoms with E-state index in [1.807, 2.05) is 0 Å². The lowest BCUT2D eigenvalue weighted by atomic mass is 9.61. The third-order valence-corrected chi connectivity index (χ3v) is 4.92. The minimum Gasteiger partial charge on any atom is -0.388 e. The Balaban J connectivity index is 2.24. The van der Waals surface area contributed by atoms with E-state index in [4.69, 9.17) is 0 Å². The molecule has 1 aliphatic carbocycles. The Morgan fingerprint density at radius 2 is 1.76 bits per heavy atom. The highest BCUT2D eigenvalue weighted by atomic mass is 19.4. The summed E-state index contributed by atoms with van der Waals surface area (Å²) >= 11 is 0. The van der Waals surface area contributed by atoms with Crippen molar-refractivity contribution < 1.29 is 18.3 Å². The van der Waals surface area contributed by atoms with Crippen molar-refractivity contribution in [2.24, 2.45) is 17.3 Å². The summed E-state index contributed by atoms with van der Waals surface area (Å²) in [6.07, 6.45) is -1.80. The zero-order chi connectivity index (χ0) is 15.8. The zero-order valence-electron chi connectivity index (χ0n) is 12.7. The van der Waals surface area contributed by atoms with Crippen molar-refractivity contribution in [1.29, 1.82) is 0 Å². The van der Waals surface area contributed by atoms with Crippen LogP contribution in [-0.2, 0) is 6.18 Å². The predicted molar refractivity (Wildman–Crippen MR) is 76.7 cm³/mol. The van der Waals surface area contributed by atoms with Crippen LogP contribution in [0.1, 0.15) is 57.3 Å². The van der Waals surface area contributed by atoms with Crippen LogP contribution in [0.5, 0.6) is 0 Å². The zero-order valence-corrected chi connectivity index (χ0v) is 12.7. The van der Waals surface area contributed by atoms with Gasteiger partial charge in [-0.25, -0.2) is 0 Å². The van der Waals surface area contributed by atoms with Crippen molar-refractivity contribution in [3.8, 4) is 0 Å². The number of aliphatic hydroxyl groups is 1. The number of benzene rings is 1. The molecule has 3 atom stereocenters. The number of hydrogen-bond acceptors (Lipinski definition) is 1. The van der Waals surface area contributed by atoms with Crippen LogP contribution >= 0.6 is 0 Å². The highest BCUT2D eigenvalue weighted by molar-refractivity contribution is 5.27. The van der Waals surface area contributed by atoms with E-state index in [0.717, 1.165) is 31.4 Å². The molecule has 0 aromatic heterocycles. The van der Waals surface area contributed by atoms with Gasteiger partial charge >= 0.3 is 6.18 Å². The summed E-state index contributed by atoms with van der Waals surface area (Å²) in [5.41, 5.74) is -0.0935. The van der Waals surface area contributed by atoms with E-state index in [1.54, 1.807) is 0 Å². The van der Waals surface area contributed by atoms with E-state index in [2.05, 4.69) is 20.8 Å². The molecular weight excluding hydrogens is 277 g/mol. The van der Waals surface area contributed by atoms with Crippen molar-refractivity contribution >= 4 is 0 Å². The van der Waals surface area contributed by atoms with Crippen LogP contribution in [0.15, 0.2) is 24.3 Å². The lowest BCUT2D eigenvalue weighted by Crippen LogP contribution is -2.37.